The fraction of sp³-hybridized carbons (Fsp3) is 0.815. The zero-order chi connectivity index (χ0) is 20.6. The van der Waals surface area contributed by atoms with Gasteiger partial charge in [0.05, 0.1) is 6.10 Å². The molecule has 0 unspecified atom stereocenters. The van der Waals surface area contributed by atoms with Crippen molar-refractivity contribution in [3.8, 4) is 0 Å². The minimum absolute atomic E-state index is 0.0402. The summed E-state index contributed by atoms with van der Waals surface area (Å²) in [5.41, 5.74) is 1.82. The van der Waals surface area contributed by atoms with E-state index in [1.54, 1.807) is 0 Å². The molecule has 0 N–H and O–H groups in total. The molecule has 1 aliphatic heterocycles. The molecule has 0 radical (unpaired) electrons. The summed E-state index contributed by atoms with van der Waals surface area (Å²) in [6.45, 7) is 12.3. The Kier molecular flexibility index (Phi) is 4.70. The predicted octanol–water partition coefficient (Wildman–Crippen LogP) is 6.36. The van der Waals surface area contributed by atoms with Crippen LogP contribution >= 0.6 is 0 Å². The van der Waals surface area contributed by atoms with Crippen LogP contribution in [-0.2, 0) is 9.53 Å². The standard InChI is InChI=1S/C27H40O2/c1-16(2)7-6-8-17(3)19-9-10-20-23-21(12-14-26(19,20)4)27(5)13-11-18(28)15-22(27)24-25(23)29-24/h11,13,15-17,19-21,23-25H,6-10,12,14H2,1-5H3/t17-,19-,20+,21+,23+,24-,25+,26-,27-/m1/s1. The summed E-state index contributed by atoms with van der Waals surface area (Å²) in [5.74, 6) is 4.85. The van der Waals surface area contributed by atoms with E-state index in [0.717, 1.165) is 23.7 Å². The van der Waals surface area contributed by atoms with E-state index in [2.05, 4.69) is 40.7 Å². The normalized spacial score (nSPS) is 48.5. The molecular weight excluding hydrogens is 356 g/mol. The topological polar surface area (TPSA) is 29.6 Å². The largest absolute Gasteiger partial charge is 0.364 e. The first-order valence-corrected chi connectivity index (χ1v) is 12.4. The fourth-order valence-electron chi connectivity index (χ4n) is 8.48. The number of rotatable bonds is 5. The molecule has 4 fully saturated rings. The maximum Gasteiger partial charge on any atom is 0.178 e. The summed E-state index contributed by atoms with van der Waals surface area (Å²) in [5, 5.41) is 0. The van der Waals surface area contributed by atoms with Crippen LogP contribution in [0.3, 0.4) is 0 Å². The lowest BCUT2D eigenvalue weighted by Crippen LogP contribution is -2.53. The first-order chi connectivity index (χ1) is 13.8. The maximum absolute atomic E-state index is 12.0. The average Bonchev–Trinajstić information content (AvgIpc) is 3.37. The molecule has 1 heterocycles. The number of epoxide rings is 1. The third-order valence-corrected chi connectivity index (χ3v) is 10.0. The molecule has 4 aliphatic carbocycles. The molecule has 0 aromatic carbocycles. The average molecular weight is 397 g/mol. The van der Waals surface area contributed by atoms with Crippen LogP contribution in [-0.4, -0.2) is 18.0 Å². The Morgan fingerprint density at radius 2 is 1.90 bits per heavy atom. The van der Waals surface area contributed by atoms with Gasteiger partial charge in [0.2, 0.25) is 0 Å². The van der Waals surface area contributed by atoms with Crippen LogP contribution in [0.15, 0.2) is 23.8 Å². The summed E-state index contributed by atoms with van der Waals surface area (Å²) in [6.07, 6.45) is 16.2. The molecule has 0 aromatic rings. The number of hydrogen-bond donors (Lipinski definition) is 0. The van der Waals surface area contributed by atoms with Gasteiger partial charge in [0.15, 0.2) is 5.78 Å². The van der Waals surface area contributed by atoms with Crippen LogP contribution in [0.25, 0.3) is 0 Å². The number of allylic oxidation sites excluding steroid dienone is 3. The van der Waals surface area contributed by atoms with Gasteiger partial charge in [0, 0.05) is 5.41 Å². The molecule has 2 heteroatoms. The minimum Gasteiger partial charge on any atom is -0.364 e. The van der Waals surface area contributed by atoms with Crippen LogP contribution in [0.2, 0.25) is 0 Å². The van der Waals surface area contributed by atoms with E-state index in [9.17, 15) is 4.79 Å². The molecule has 0 aromatic heterocycles. The van der Waals surface area contributed by atoms with Crippen LogP contribution < -0.4 is 0 Å². The van der Waals surface area contributed by atoms with Gasteiger partial charge in [-0.25, -0.2) is 0 Å². The van der Waals surface area contributed by atoms with Gasteiger partial charge in [-0.05, 0) is 84.3 Å². The highest BCUT2D eigenvalue weighted by Crippen LogP contribution is 2.70. The van der Waals surface area contributed by atoms with Gasteiger partial charge < -0.3 is 4.74 Å². The predicted molar refractivity (Wildman–Crippen MR) is 117 cm³/mol. The van der Waals surface area contributed by atoms with Crippen molar-refractivity contribution < 1.29 is 9.53 Å². The summed E-state index contributed by atoms with van der Waals surface area (Å²) in [7, 11) is 0. The van der Waals surface area contributed by atoms with E-state index in [-0.39, 0.29) is 17.3 Å². The Morgan fingerprint density at radius 3 is 2.66 bits per heavy atom. The van der Waals surface area contributed by atoms with Crippen molar-refractivity contribution in [3.05, 3.63) is 23.8 Å². The number of fused-ring (bicyclic) bond motifs is 8. The number of carbonyl (C=O) groups excluding carboxylic acids is 1. The molecule has 0 spiro atoms. The van der Waals surface area contributed by atoms with E-state index in [4.69, 9.17) is 4.74 Å². The molecule has 5 rings (SSSR count). The van der Waals surface area contributed by atoms with Crippen LogP contribution in [0.1, 0.15) is 79.6 Å². The highest BCUT2D eigenvalue weighted by atomic mass is 16.6. The lowest BCUT2D eigenvalue weighted by Gasteiger charge is -2.56. The van der Waals surface area contributed by atoms with Crippen molar-refractivity contribution in [3.63, 3.8) is 0 Å². The molecule has 5 aliphatic rings. The van der Waals surface area contributed by atoms with Gasteiger partial charge in [0.25, 0.3) is 0 Å². The molecule has 1 saturated heterocycles. The molecule has 0 amide bonds. The van der Waals surface area contributed by atoms with Gasteiger partial charge in [-0.3, -0.25) is 4.79 Å². The van der Waals surface area contributed by atoms with Crippen LogP contribution in [0.4, 0.5) is 0 Å². The van der Waals surface area contributed by atoms with E-state index >= 15 is 0 Å². The second-order valence-corrected chi connectivity index (χ2v) is 12.0. The van der Waals surface area contributed by atoms with Crippen molar-refractivity contribution in [2.75, 3.05) is 0 Å². The SMILES string of the molecule is CC(C)CCC[C@@H](C)[C@H]1CC[C@H]2[C@@H]3[C@@H]4O[C@@H]4C4=CC(=O)C=C[C@]4(C)[C@H]3CC[C@]12C. The first-order valence-electron chi connectivity index (χ1n) is 12.4. The summed E-state index contributed by atoms with van der Waals surface area (Å²) in [4.78, 5) is 12.0. The van der Waals surface area contributed by atoms with Crippen molar-refractivity contribution >= 4 is 5.78 Å². The van der Waals surface area contributed by atoms with E-state index in [1.807, 2.05) is 12.2 Å². The molecule has 9 atom stereocenters. The summed E-state index contributed by atoms with van der Waals surface area (Å²) in [6, 6.07) is 0. The summed E-state index contributed by atoms with van der Waals surface area (Å²) >= 11 is 0. The molecule has 160 valence electrons. The van der Waals surface area contributed by atoms with E-state index < -0.39 is 0 Å². The lowest BCUT2D eigenvalue weighted by atomic mass is 9.47. The Bertz CT molecular complexity index is 748. The monoisotopic (exact) mass is 396 g/mol. The Hall–Kier alpha value is -0.890. The third kappa shape index (κ3) is 2.95. The Balaban J connectivity index is 1.37. The van der Waals surface area contributed by atoms with Crippen molar-refractivity contribution in [2.24, 2.45) is 46.3 Å². The molecule has 2 nitrogen and oxygen atoms in total. The fourth-order valence-corrected chi connectivity index (χ4v) is 8.48. The number of hydrogen-bond acceptors (Lipinski definition) is 2. The molecule has 3 saturated carbocycles. The second-order valence-electron chi connectivity index (χ2n) is 12.0. The number of ketones is 1. The van der Waals surface area contributed by atoms with Crippen LogP contribution in [0.5, 0.6) is 0 Å². The van der Waals surface area contributed by atoms with Gasteiger partial charge >= 0.3 is 0 Å². The smallest absolute Gasteiger partial charge is 0.178 e. The lowest BCUT2D eigenvalue weighted by molar-refractivity contribution is -0.111. The van der Waals surface area contributed by atoms with Crippen LogP contribution in [0, 0.1) is 46.3 Å². The zero-order valence-corrected chi connectivity index (χ0v) is 19.1. The highest BCUT2D eigenvalue weighted by Gasteiger charge is 2.68. The maximum atomic E-state index is 12.0. The van der Waals surface area contributed by atoms with Gasteiger partial charge in [-0.15, -0.1) is 0 Å². The summed E-state index contributed by atoms with van der Waals surface area (Å²) < 4.78 is 6.32. The highest BCUT2D eigenvalue weighted by molar-refractivity contribution is 6.01. The number of ether oxygens (including phenoxy) is 1. The van der Waals surface area contributed by atoms with E-state index in [0.29, 0.717) is 23.4 Å². The zero-order valence-electron chi connectivity index (χ0n) is 19.1. The third-order valence-electron chi connectivity index (χ3n) is 10.0. The van der Waals surface area contributed by atoms with E-state index in [1.165, 1.54) is 50.5 Å². The molecule has 0 bridgehead atoms. The van der Waals surface area contributed by atoms with Crippen molar-refractivity contribution in [2.45, 2.75) is 91.8 Å². The Morgan fingerprint density at radius 1 is 1.10 bits per heavy atom. The first kappa shape index (κ1) is 20.0. The number of carbonyl (C=O) groups is 1. The quantitative estimate of drug-likeness (QED) is 0.506. The minimum atomic E-state index is 0.0402. The molecular formula is C27H40O2. The Labute approximate surface area is 177 Å². The van der Waals surface area contributed by atoms with Gasteiger partial charge in [-0.2, -0.15) is 0 Å². The van der Waals surface area contributed by atoms with Crippen molar-refractivity contribution in [1.29, 1.82) is 0 Å². The van der Waals surface area contributed by atoms with Gasteiger partial charge in [0.1, 0.15) is 6.10 Å². The van der Waals surface area contributed by atoms with Crippen molar-refractivity contribution in [1.82, 2.24) is 0 Å². The molecule has 29 heavy (non-hydrogen) atoms. The second kappa shape index (κ2) is 6.81. The van der Waals surface area contributed by atoms with Gasteiger partial charge in [-0.1, -0.05) is 60.0 Å².